The smallest absolute Gasteiger partial charge is 0.147 e. The Hall–Kier alpha value is -2.17. The highest BCUT2D eigenvalue weighted by molar-refractivity contribution is 7.11. The number of rotatable bonds is 3. The van der Waals surface area contributed by atoms with Crippen LogP contribution in [-0.4, -0.2) is 35.5 Å². The van der Waals surface area contributed by atoms with Crippen LogP contribution in [0.4, 0.5) is 0 Å². The van der Waals surface area contributed by atoms with Gasteiger partial charge < -0.3 is 14.8 Å². The highest BCUT2D eigenvalue weighted by atomic mass is 32.1. The third kappa shape index (κ3) is 2.26. The molecule has 1 unspecified atom stereocenters. The van der Waals surface area contributed by atoms with Gasteiger partial charge in [0, 0.05) is 12.1 Å². The number of aliphatic hydroxyl groups excluding tert-OH is 1. The van der Waals surface area contributed by atoms with Crippen molar-refractivity contribution in [2.45, 2.75) is 12.5 Å². The van der Waals surface area contributed by atoms with Crippen molar-refractivity contribution in [2.24, 2.45) is 0 Å². The molecular formula is C19H17NO2S. The molecule has 0 amide bonds. The molecule has 3 nitrogen and oxygen atoms in total. The van der Waals surface area contributed by atoms with Crippen molar-refractivity contribution in [3.05, 3.63) is 69.4 Å². The van der Waals surface area contributed by atoms with Crippen LogP contribution in [0.3, 0.4) is 0 Å². The fraction of sp³-hybridized carbons (Fsp3) is 0.211. The molecule has 0 aliphatic carbocycles. The molecule has 23 heavy (non-hydrogen) atoms. The van der Waals surface area contributed by atoms with E-state index in [4.69, 9.17) is 0 Å². The van der Waals surface area contributed by atoms with Gasteiger partial charge >= 0.3 is 0 Å². The predicted molar refractivity (Wildman–Crippen MR) is 93.0 cm³/mol. The van der Waals surface area contributed by atoms with Crippen LogP contribution in [-0.2, 0) is 11.2 Å². The number of nitrogens with zero attached hydrogens (tertiary/aromatic N) is 1. The van der Waals surface area contributed by atoms with Crippen molar-refractivity contribution in [2.75, 3.05) is 13.2 Å². The van der Waals surface area contributed by atoms with E-state index in [1.807, 2.05) is 36.4 Å². The molecule has 4 heteroatoms. The van der Waals surface area contributed by atoms with Crippen molar-refractivity contribution < 1.29 is 9.90 Å². The summed E-state index contributed by atoms with van der Waals surface area (Å²) in [6.07, 6.45) is 3.95. The van der Waals surface area contributed by atoms with E-state index in [0.29, 0.717) is 0 Å². The fourth-order valence-corrected chi connectivity index (χ4v) is 4.54. The van der Waals surface area contributed by atoms with E-state index in [9.17, 15) is 9.90 Å². The zero-order valence-electron chi connectivity index (χ0n) is 12.6. The van der Waals surface area contributed by atoms with Gasteiger partial charge in [-0.15, -0.1) is 11.3 Å². The average molecular weight is 323 g/mol. The van der Waals surface area contributed by atoms with Gasteiger partial charge in [0.05, 0.1) is 17.2 Å². The van der Waals surface area contributed by atoms with E-state index in [1.54, 1.807) is 11.3 Å². The van der Waals surface area contributed by atoms with E-state index in [0.717, 1.165) is 41.7 Å². The molecule has 0 saturated carbocycles. The van der Waals surface area contributed by atoms with Crippen molar-refractivity contribution >= 4 is 28.9 Å². The van der Waals surface area contributed by atoms with Gasteiger partial charge in [0.15, 0.2) is 0 Å². The van der Waals surface area contributed by atoms with Crippen molar-refractivity contribution in [3.63, 3.8) is 0 Å². The Kier molecular flexibility index (Phi) is 3.63. The first-order chi connectivity index (χ1) is 11.3. The van der Waals surface area contributed by atoms with Crippen molar-refractivity contribution in [1.29, 1.82) is 0 Å². The monoisotopic (exact) mass is 323 g/mol. The maximum Gasteiger partial charge on any atom is 0.147 e. The first kappa shape index (κ1) is 14.4. The lowest BCUT2D eigenvalue weighted by Crippen LogP contribution is -2.42. The number of carbonyl (C=O) groups is 1. The minimum atomic E-state index is -0.294. The first-order valence-electron chi connectivity index (χ1n) is 7.73. The van der Waals surface area contributed by atoms with Gasteiger partial charge in [0.25, 0.3) is 0 Å². The number of fused-ring (bicyclic) bond motifs is 3. The minimum Gasteiger partial charge on any atom is -0.392 e. The van der Waals surface area contributed by atoms with Gasteiger partial charge in [0.2, 0.25) is 0 Å². The largest absolute Gasteiger partial charge is 0.392 e. The van der Waals surface area contributed by atoms with Crippen molar-refractivity contribution in [1.82, 2.24) is 4.90 Å². The Morgan fingerprint density at radius 1 is 1.26 bits per heavy atom. The maximum absolute atomic E-state index is 11.9. The number of hydrogen-bond donors (Lipinski definition) is 1. The number of thiophene rings is 1. The summed E-state index contributed by atoms with van der Waals surface area (Å²) in [5.74, 6) is 0. The molecule has 0 spiro atoms. The molecule has 2 aromatic rings. The summed E-state index contributed by atoms with van der Waals surface area (Å²) in [6, 6.07) is 11.8. The number of carbonyl (C=O) groups excluding carboxylic acids is 1. The number of aliphatic hydroxyl groups is 1. The molecule has 0 bridgehead atoms. The quantitative estimate of drug-likeness (QED) is 0.883. The summed E-state index contributed by atoms with van der Waals surface area (Å²) in [5, 5.41) is 12.0. The van der Waals surface area contributed by atoms with Crippen LogP contribution in [0.25, 0.3) is 11.3 Å². The molecule has 0 radical (unpaired) electrons. The topological polar surface area (TPSA) is 40.5 Å². The molecule has 1 aromatic carbocycles. The van der Waals surface area contributed by atoms with Crippen molar-refractivity contribution in [3.8, 4) is 0 Å². The lowest BCUT2D eigenvalue weighted by molar-refractivity contribution is -0.110. The molecule has 2 aliphatic rings. The van der Waals surface area contributed by atoms with Gasteiger partial charge in [-0.1, -0.05) is 30.3 Å². The van der Waals surface area contributed by atoms with Crippen LogP contribution >= 0.6 is 11.3 Å². The fourth-order valence-electron chi connectivity index (χ4n) is 3.49. The molecule has 1 aromatic heterocycles. The normalized spacial score (nSPS) is 20.0. The second kappa shape index (κ2) is 5.80. The van der Waals surface area contributed by atoms with E-state index in [1.165, 1.54) is 10.4 Å². The number of aldehydes is 1. The minimum absolute atomic E-state index is 0.0227. The summed E-state index contributed by atoms with van der Waals surface area (Å²) < 4.78 is 0. The van der Waals surface area contributed by atoms with Crippen LogP contribution in [0, 0.1) is 0 Å². The van der Waals surface area contributed by atoms with Crippen LogP contribution in [0.15, 0.2) is 53.4 Å². The number of hydrogen-bond acceptors (Lipinski definition) is 4. The lowest BCUT2D eigenvalue weighted by atomic mass is 9.88. The summed E-state index contributed by atoms with van der Waals surface area (Å²) >= 11 is 1.68. The van der Waals surface area contributed by atoms with E-state index in [2.05, 4.69) is 16.3 Å². The highest BCUT2D eigenvalue weighted by Gasteiger charge is 2.35. The van der Waals surface area contributed by atoms with Gasteiger partial charge in [-0.05, 0) is 40.6 Å². The molecule has 0 fully saturated rings. The van der Waals surface area contributed by atoms with Crippen LogP contribution in [0.1, 0.15) is 16.0 Å². The summed E-state index contributed by atoms with van der Waals surface area (Å²) in [6.45, 7) is 0.779. The Balaban J connectivity index is 1.92. The second-order valence-corrected chi connectivity index (χ2v) is 6.71. The summed E-state index contributed by atoms with van der Waals surface area (Å²) in [7, 11) is 0. The molecule has 2 aliphatic heterocycles. The Bertz CT molecular complexity index is 804. The van der Waals surface area contributed by atoms with E-state index >= 15 is 0 Å². The Labute approximate surface area is 139 Å². The molecule has 3 heterocycles. The zero-order valence-corrected chi connectivity index (χ0v) is 13.4. The van der Waals surface area contributed by atoms with Crippen LogP contribution in [0.2, 0.25) is 0 Å². The third-order valence-corrected chi connectivity index (χ3v) is 5.53. The number of benzene rings is 1. The Morgan fingerprint density at radius 2 is 2.09 bits per heavy atom. The van der Waals surface area contributed by atoms with Gasteiger partial charge in [-0.25, -0.2) is 0 Å². The summed E-state index contributed by atoms with van der Waals surface area (Å²) in [4.78, 5) is 15.2. The van der Waals surface area contributed by atoms with Crippen LogP contribution < -0.4 is 0 Å². The Morgan fingerprint density at radius 3 is 2.83 bits per heavy atom. The highest BCUT2D eigenvalue weighted by Crippen LogP contribution is 2.42. The third-order valence-electron chi connectivity index (χ3n) is 4.57. The van der Waals surface area contributed by atoms with Gasteiger partial charge in [0.1, 0.15) is 12.3 Å². The summed E-state index contributed by atoms with van der Waals surface area (Å²) in [5.41, 5.74) is 5.24. The van der Waals surface area contributed by atoms with Crippen LogP contribution in [0.5, 0.6) is 0 Å². The molecule has 1 atom stereocenters. The molecule has 4 rings (SSSR count). The van der Waals surface area contributed by atoms with Gasteiger partial charge in [-0.2, -0.15) is 0 Å². The average Bonchev–Trinajstić information content (AvgIpc) is 3.09. The molecule has 116 valence electrons. The van der Waals surface area contributed by atoms with Gasteiger partial charge in [-0.3, -0.25) is 0 Å². The predicted octanol–water partition coefficient (Wildman–Crippen LogP) is 2.97. The van der Waals surface area contributed by atoms with E-state index < -0.39 is 0 Å². The second-order valence-electron chi connectivity index (χ2n) is 5.80. The lowest BCUT2D eigenvalue weighted by Gasteiger charge is -2.41. The molecule has 0 saturated heterocycles. The maximum atomic E-state index is 11.9. The molecular weight excluding hydrogens is 306 g/mol. The molecule has 1 N–H and O–H groups in total. The zero-order chi connectivity index (χ0) is 15.8. The first-order valence-corrected chi connectivity index (χ1v) is 8.61. The standard InChI is InChI=1S/C19H17NO2S/c21-11-15-10-16(13-4-2-1-3-5-13)17(12-22)20-8-6-14-7-9-23-19(14)18(15)20/h1-5,7,9-10,12,17,21H,6,8,11H2. The SMILES string of the molecule is O=CC1C(c2ccccc2)=CC(CO)=C2c3sccc3CCN21. The van der Waals surface area contributed by atoms with E-state index in [-0.39, 0.29) is 12.6 Å².